The van der Waals surface area contributed by atoms with E-state index in [0.717, 1.165) is 17.5 Å². The quantitative estimate of drug-likeness (QED) is 0.829. The number of methoxy groups -OCH3 is 1. The average Bonchev–Trinajstić information content (AvgIpc) is 2.45. The van der Waals surface area contributed by atoms with E-state index in [9.17, 15) is 5.11 Å². The van der Waals surface area contributed by atoms with E-state index in [-0.39, 0.29) is 5.75 Å². The summed E-state index contributed by atoms with van der Waals surface area (Å²) in [6.45, 7) is 4.20. The first-order valence-electron chi connectivity index (χ1n) is 6.68. The minimum Gasteiger partial charge on any atom is -0.504 e. The molecule has 0 fully saturated rings. The normalized spacial score (nSPS) is 10.5. The molecular weight excluding hydrogens is 290 g/mol. The third kappa shape index (κ3) is 3.36. The number of nitrogens with one attached hydrogen (secondary N) is 1. The summed E-state index contributed by atoms with van der Waals surface area (Å²) in [7, 11) is 1.52. The van der Waals surface area contributed by atoms with Gasteiger partial charge in [-0.05, 0) is 19.4 Å². The summed E-state index contributed by atoms with van der Waals surface area (Å²) in [5.74, 6) is 1.87. The smallest absolute Gasteiger partial charge is 0.162 e. The number of para-hydroxylation sites is 1. The molecule has 21 heavy (non-hydrogen) atoms. The molecule has 1 heterocycles. The predicted octanol–water partition coefficient (Wildman–Crippen LogP) is 3.33. The molecule has 0 spiro atoms. The highest BCUT2D eigenvalue weighted by Crippen LogP contribution is 2.30. The van der Waals surface area contributed by atoms with Crippen molar-refractivity contribution in [2.45, 2.75) is 26.8 Å². The molecule has 2 N–H and O–H groups in total. The van der Waals surface area contributed by atoms with Crippen LogP contribution in [0.25, 0.3) is 0 Å². The van der Waals surface area contributed by atoms with Crippen LogP contribution >= 0.6 is 11.6 Å². The predicted molar refractivity (Wildman–Crippen MR) is 83.1 cm³/mol. The highest BCUT2D eigenvalue weighted by Gasteiger charge is 2.12. The van der Waals surface area contributed by atoms with Crippen molar-refractivity contribution in [3.63, 3.8) is 0 Å². The molecule has 2 aromatic rings. The largest absolute Gasteiger partial charge is 0.504 e. The van der Waals surface area contributed by atoms with E-state index in [1.807, 2.05) is 19.1 Å². The minimum absolute atomic E-state index is 0.127. The fourth-order valence-corrected chi connectivity index (χ4v) is 2.42. The molecule has 5 nitrogen and oxygen atoms in total. The van der Waals surface area contributed by atoms with Gasteiger partial charge in [-0.2, -0.15) is 0 Å². The van der Waals surface area contributed by atoms with E-state index in [1.165, 1.54) is 7.11 Å². The summed E-state index contributed by atoms with van der Waals surface area (Å²) in [6, 6.07) is 5.36. The van der Waals surface area contributed by atoms with Gasteiger partial charge in [0.2, 0.25) is 0 Å². The van der Waals surface area contributed by atoms with Crippen LogP contribution in [-0.4, -0.2) is 22.2 Å². The van der Waals surface area contributed by atoms with Crippen LogP contribution in [0.2, 0.25) is 5.15 Å². The first-order valence-corrected chi connectivity index (χ1v) is 7.06. The van der Waals surface area contributed by atoms with Crippen LogP contribution in [0.5, 0.6) is 11.5 Å². The summed E-state index contributed by atoms with van der Waals surface area (Å²) < 4.78 is 5.10. The molecule has 2 rings (SSSR count). The van der Waals surface area contributed by atoms with Gasteiger partial charge in [0.05, 0.1) is 7.11 Å². The summed E-state index contributed by atoms with van der Waals surface area (Å²) in [5.41, 5.74) is 1.59. The molecule has 0 amide bonds. The maximum absolute atomic E-state index is 10.1. The van der Waals surface area contributed by atoms with Gasteiger partial charge in [-0.15, -0.1) is 0 Å². The van der Waals surface area contributed by atoms with Crippen LogP contribution in [0.4, 0.5) is 5.82 Å². The molecule has 0 radical (unpaired) electrons. The molecule has 0 aliphatic heterocycles. The molecule has 0 unspecified atom stereocenters. The number of phenols is 1. The van der Waals surface area contributed by atoms with Gasteiger partial charge in [0.25, 0.3) is 0 Å². The second kappa shape index (κ2) is 6.63. The van der Waals surface area contributed by atoms with E-state index in [4.69, 9.17) is 16.3 Å². The number of aromatic hydroxyl groups is 1. The fourth-order valence-electron chi connectivity index (χ4n) is 2.08. The number of aryl methyl sites for hydroxylation is 1. The van der Waals surface area contributed by atoms with Gasteiger partial charge in [-0.3, -0.25) is 0 Å². The van der Waals surface area contributed by atoms with Crippen LogP contribution in [0.1, 0.15) is 23.9 Å². The monoisotopic (exact) mass is 307 g/mol. The van der Waals surface area contributed by atoms with Crippen molar-refractivity contribution in [2.24, 2.45) is 0 Å². The second-order valence-electron chi connectivity index (χ2n) is 4.56. The Morgan fingerprint density at radius 2 is 2.10 bits per heavy atom. The minimum atomic E-state index is 0.127. The van der Waals surface area contributed by atoms with Crippen molar-refractivity contribution in [3.05, 3.63) is 40.3 Å². The van der Waals surface area contributed by atoms with E-state index in [2.05, 4.69) is 15.3 Å². The summed E-state index contributed by atoms with van der Waals surface area (Å²) in [5, 5.41) is 13.7. The highest BCUT2D eigenvalue weighted by molar-refractivity contribution is 6.30. The van der Waals surface area contributed by atoms with Gasteiger partial charge < -0.3 is 15.2 Å². The standard InChI is InChI=1S/C15H18ClN3O2/c1-4-11-14(16)18-9(2)19-15(11)17-8-10-6-5-7-12(21-3)13(10)20/h5-7,20H,4,8H2,1-3H3,(H,17,18,19). The number of rotatable bonds is 5. The lowest BCUT2D eigenvalue weighted by molar-refractivity contribution is 0.371. The van der Waals surface area contributed by atoms with Gasteiger partial charge in [-0.1, -0.05) is 30.7 Å². The zero-order valence-corrected chi connectivity index (χ0v) is 13.0. The molecule has 1 aromatic heterocycles. The van der Waals surface area contributed by atoms with E-state index < -0.39 is 0 Å². The number of nitrogens with zero attached hydrogens (tertiary/aromatic N) is 2. The Balaban J connectivity index is 2.24. The third-order valence-corrected chi connectivity index (χ3v) is 3.48. The highest BCUT2D eigenvalue weighted by atomic mass is 35.5. The van der Waals surface area contributed by atoms with Gasteiger partial charge in [0, 0.05) is 17.7 Å². The zero-order chi connectivity index (χ0) is 15.4. The zero-order valence-electron chi connectivity index (χ0n) is 12.3. The molecule has 0 atom stereocenters. The van der Waals surface area contributed by atoms with Gasteiger partial charge in [-0.25, -0.2) is 9.97 Å². The Bertz CT molecular complexity index is 647. The Kier molecular flexibility index (Phi) is 4.85. The van der Waals surface area contributed by atoms with Crippen LogP contribution in [0, 0.1) is 6.92 Å². The Labute approximate surface area is 129 Å². The van der Waals surface area contributed by atoms with Crippen molar-refractivity contribution >= 4 is 17.4 Å². The van der Waals surface area contributed by atoms with Gasteiger partial charge >= 0.3 is 0 Å². The van der Waals surface area contributed by atoms with E-state index in [1.54, 1.807) is 13.0 Å². The van der Waals surface area contributed by atoms with Crippen LogP contribution < -0.4 is 10.1 Å². The number of anilines is 1. The number of benzene rings is 1. The number of ether oxygens (including phenoxy) is 1. The number of hydrogen-bond donors (Lipinski definition) is 2. The molecule has 112 valence electrons. The van der Waals surface area contributed by atoms with E-state index in [0.29, 0.717) is 29.1 Å². The molecular formula is C15H18ClN3O2. The molecule has 0 saturated heterocycles. The fraction of sp³-hybridized carbons (Fsp3) is 0.333. The van der Waals surface area contributed by atoms with Gasteiger partial charge in [0.15, 0.2) is 11.5 Å². The number of hydrogen-bond acceptors (Lipinski definition) is 5. The topological polar surface area (TPSA) is 67.3 Å². The Morgan fingerprint density at radius 3 is 2.76 bits per heavy atom. The Hall–Kier alpha value is -2.01. The first-order chi connectivity index (χ1) is 10.1. The lowest BCUT2D eigenvalue weighted by Crippen LogP contribution is -2.07. The maximum Gasteiger partial charge on any atom is 0.162 e. The lowest BCUT2D eigenvalue weighted by atomic mass is 10.1. The molecule has 6 heteroatoms. The van der Waals surface area contributed by atoms with Crippen LogP contribution in [0.15, 0.2) is 18.2 Å². The third-order valence-electron chi connectivity index (χ3n) is 3.17. The van der Waals surface area contributed by atoms with Crippen molar-refractivity contribution in [2.75, 3.05) is 12.4 Å². The SMILES string of the molecule is CCc1c(Cl)nc(C)nc1NCc1cccc(OC)c1O. The Morgan fingerprint density at radius 1 is 1.33 bits per heavy atom. The summed E-state index contributed by atoms with van der Waals surface area (Å²) >= 11 is 6.14. The number of phenolic OH excluding ortho intramolecular Hbond substituents is 1. The van der Waals surface area contributed by atoms with Crippen LogP contribution in [0.3, 0.4) is 0 Å². The van der Waals surface area contributed by atoms with E-state index >= 15 is 0 Å². The number of halogens is 1. The molecule has 0 saturated carbocycles. The number of aromatic nitrogens is 2. The van der Waals surface area contributed by atoms with Crippen molar-refractivity contribution in [3.8, 4) is 11.5 Å². The second-order valence-corrected chi connectivity index (χ2v) is 4.92. The maximum atomic E-state index is 10.1. The summed E-state index contributed by atoms with van der Waals surface area (Å²) in [4.78, 5) is 8.52. The van der Waals surface area contributed by atoms with Crippen molar-refractivity contribution < 1.29 is 9.84 Å². The van der Waals surface area contributed by atoms with Crippen molar-refractivity contribution in [1.29, 1.82) is 0 Å². The molecule has 1 aromatic carbocycles. The lowest BCUT2D eigenvalue weighted by Gasteiger charge is -2.13. The molecule has 0 aliphatic rings. The van der Waals surface area contributed by atoms with Crippen molar-refractivity contribution in [1.82, 2.24) is 9.97 Å². The van der Waals surface area contributed by atoms with Gasteiger partial charge in [0.1, 0.15) is 16.8 Å². The summed E-state index contributed by atoms with van der Waals surface area (Å²) in [6.07, 6.45) is 0.728. The first kappa shape index (κ1) is 15.4. The molecule has 0 aliphatic carbocycles. The molecule has 0 bridgehead atoms. The average molecular weight is 308 g/mol. The van der Waals surface area contributed by atoms with Crippen LogP contribution in [-0.2, 0) is 13.0 Å².